The van der Waals surface area contributed by atoms with Crippen molar-refractivity contribution in [2.24, 2.45) is 0 Å². The minimum Gasteiger partial charge on any atom is -0.481 e. The first-order valence-electron chi connectivity index (χ1n) is 10.4. The van der Waals surface area contributed by atoms with Crippen LogP contribution < -0.4 is 15.4 Å². The summed E-state index contributed by atoms with van der Waals surface area (Å²) in [7, 11) is 0. The first-order valence-corrected chi connectivity index (χ1v) is 10.4. The van der Waals surface area contributed by atoms with Gasteiger partial charge in [-0.2, -0.15) is 0 Å². The van der Waals surface area contributed by atoms with E-state index in [0.29, 0.717) is 11.3 Å². The van der Waals surface area contributed by atoms with E-state index in [9.17, 15) is 9.59 Å². The molecule has 3 rings (SSSR count). The van der Waals surface area contributed by atoms with E-state index < -0.39 is 6.10 Å². The Labute approximate surface area is 172 Å². The molecule has 5 nitrogen and oxygen atoms in total. The second-order valence-electron chi connectivity index (χ2n) is 7.83. The Kier molecular flexibility index (Phi) is 6.91. The van der Waals surface area contributed by atoms with Crippen molar-refractivity contribution in [3.8, 4) is 5.75 Å². The number of carbonyl (C=O) groups is 2. The molecule has 0 heterocycles. The highest BCUT2D eigenvalue weighted by atomic mass is 16.5. The summed E-state index contributed by atoms with van der Waals surface area (Å²) in [5, 5.41) is 6.02. The van der Waals surface area contributed by atoms with Gasteiger partial charge in [0.25, 0.3) is 11.8 Å². The third-order valence-electron chi connectivity index (χ3n) is 5.60. The largest absolute Gasteiger partial charge is 0.481 e. The van der Waals surface area contributed by atoms with Gasteiger partial charge < -0.3 is 15.4 Å². The van der Waals surface area contributed by atoms with Gasteiger partial charge in [0.1, 0.15) is 5.75 Å². The topological polar surface area (TPSA) is 67.4 Å². The standard InChI is InChI=1S/C24H30N2O3/c1-16-8-7-11-22(17(16)2)26-23(27)18(3)29-21-14-12-19(13-15-21)24(28)25-20-9-5-4-6-10-20/h7-8,11-15,18,20H,4-6,9-10H2,1-3H3,(H,25,28)(H,26,27)/t18-/m0/s1. The van der Waals surface area contributed by atoms with Crippen molar-refractivity contribution in [2.45, 2.75) is 65.0 Å². The van der Waals surface area contributed by atoms with Crippen molar-refractivity contribution in [1.82, 2.24) is 5.32 Å². The van der Waals surface area contributed by atoms with Crippen molar-refractivity contribution in [3.63, 3.8) is 0 Å². The van der Waals surface area contributed by atoms with Crippen molar-refractivity contribution in [3.05, 3.63) is 59.2 Å². The average Bonchev–Trinajstić information content (AvgIpc) is 2.72. The second-order valence-corrected chi connectivity index (χ2v) is 7.83. The van der Waals surface area contributed by atoms with Gasteiger partial charge in [-0.05, 0) is 75.1 Å². The first-order chi connectivity index (χ1) is 13.9. The van der Waals surface area contributed by atoms with Crippen LogP contribution in [0.2, 0.25) is 0 Å². The smallest absolute Gasteiger partial charge is 0.265 e. The van der Waals surface area contributed by atoms with E-state index in [1.54, 1.807) is 31.2 Å². The van der Waals surface area contributed by atoms with Gasteiger partial charge in [0.15, 0.2) is 6.10 Å². The molecule has 0 spiro atoms. The summed E-state index contributed by atoms with van der Waals surface area (Å²) in [6.45, 7) is 5.70. The minimum atomic E-state index is -0.656. The number of aryl methyl sites for hydroxylation is 1. The summed E-state index contributed by atoms with van der Waals surface area (Å²) in [4.78, 5) is 24.9. The third kappa shape index (κ3) is 5.59. The number of rotatable bonds is 6. The van der Waals surface area contributed by atoms with Crippen LogP contribution in [0.25, 0.3) is 0 Å². The zero-order valence-electron chi connectivity index (χ0n) is 17.5. The first kappa shape index (κ1) is 20.9. The molecule has 0 bridgehead atoms. The van der Waals surface area contributed by atoms with E-state index in [-0.39, 0.29) is 17.9 Å². The highest BCUT2D eigenvalue weighted by molar-refractivity contribution is 5.95. The predicted molar refractivity (Wildman–Crippen MR) is 115 cm³/mol. The van der Waals surface area contributed by atoms with Crippen LogP contribution in [0.4, 0.5) is 5.69 Å². The molecule has 0 saturated heterocycles. The van der Waals surface area contributed by atoms with Crippen molar-refractivity contribution < 1.29 is 14.3 Å². The quantitative estimate of drug-likeness (QED) is 0.741. The second kappa shape index (κ2) is 9.59. The van der Waals surface area contributed by atoms with E-state index in [1.165, 1.54) is 19.3 Å². The van der Waals surface area contributed by atoms with E-state index in [4.69, 9.17) is 4.74 Å². The number of benzene rings is 2. The fraction of sp³-hybridized carbons (Fsp3) is 0.417. The Bertz CT molecular complexity index is 855. The van der Waals surface area contributed by atoms with Crippen LogP contribution in [0.5, 0.6) is 5.75 Å². The number of hydrogen-bond acceptors (Lipinski definition) is 3. The minimum absolute atomic E-state index is 0.0517. The Morgan fingerprint density at radius 1 is 1.00 bits per heavy atom. The lowest BCUT2D eigenvalue weighted by molar-refractivity contribution is -0.122. The SMILES string of the molecule is Cc1cccc(NC(=O)[C@H](C)Oc2ccc(C(=O)NC3CCCCC3)cc2)c1C. The number of hydrogen-bond donors (Lipinski definition) is 2. The van der Waals surface area contributed by atoms with Gasteiger partial charge in [0.2, 0.25) is 0 Å². The molecule has 2 N–H and O–H groups in total. The molecule has 29 heavy (non-hydrogen) atoms. The maximum Gasteiger partial charge on any atom is 0.265 e. The lowest BCUT2D eigenvalue weighted by atomic mass is 9.95. The number of amides is 2. The predicted octanol–water partition coefficient (Wildman–Crippen LogP) is 4.77. The van der Waals surface area contributed by atoms with Crippen LogP contribution in [0.15, 0.2) is 42.5 Å². The summed E-state index contributed by atoms with van der Waals surface area (Å²) >= 11 is 0. The molecule has 154 valence electrons. The molecule has 0 radical (unpaired) electrons. The molecule has 1 aliphatic rings. The maximum atomic E-state index is 12.5. The zero-order chi connectivity index (χ0) is 20.8. The summed E-state index contributed by atoms with van der Waals surface area (Å²) < 4.78 is 5.76. The van der Waals surface area contributed by atoms with Crippen molar-refractivity contribution in [1.29, 1.82) is 0 Å². The molecule has 1 atom stereocenters. The zero-order valence-corrected chi connectivity index (χ0v) is 17.5. The van der Waals surface area contributed by atoms with Gasteiger partial charge >= 0.3 is 0 Å². The van der Waals surface area contributed by atoms with Crippen LogP contribution in [-0.4, -0.2) is 24.0 Å². The van der Waals surface area contributed by atoms with Gasteiger partial charge in [-0.25, -0.2) is 0 Å². The lowest BCUT2D eigenvalue weighted by Crippen LogP contribution is -2.36. The summed E-state index contributed by atoms with van der Waals surface area (Å²) in [5.41, 5.74) is 3.57. The number of carbonyl (C=O) groups excluding carboxylic acids is 2. The average molecular weight is 395 g/mol. The molecule has 0 unspecified atom stereocenters. The van der Waals surface area contributed by atoms with Crippen molar-refractivity contribution in [2.75, 3.05) is 5.32 Å². The van der Waals surface area contributed by atoms with Crippen molar-refractivity contribution >= 4 is 17.5 Å². The molecular formula is C24H30N2O3. The van der Waals surface area contributed by atoms with E-state index in [2.05, 4.69) is 10.6 Å². The summed E-state index contributed by atoms with van der Waals surface area (Å²) in [5.74, 6) is 0.296. The molecule has 1 fully saturated rings. The monoisotopic (exact) mass is 394 g/mol. The molecule has 0 aliphatic heterocycles. The Hall–Kier alpha value is -2.82. The van der Waals surface area contributed by atoms with Gasteiger partial charge in [-0.1, -0.05) is 31.4 Å². The van der Waals surface area contributed by atoms with Gasteiger partial charge in [0.05, 0.1) is 0 Å². The maximum absolute atomic E-state index is 12.5. The molecule has 5 heteroatoms. The normalized spacial score (nSPS) is 15.4. The lowest BCUT2D eigenvalue weighted by Gasteiger charge is -2.22. The third-order valence-corrected chi connectivity index (χ3v) is 5.60. The Morgan fingerprint density at radius 2 is 1.69 bits per heavy atom. The van der Waals surface area contributed by atoms with Gasteiger partial charge in [-0.15, -0.1) is 0 Å². The fourth-order valence-corrected chi connectivity index (χ4v) is 3.58. The van der Waals surface area contributed by atoms with Gasteiger partial charge in [-0.3, -0.25) is 9.59 Å². The molecular weight excluding hydrogens is 364 g/mol. The highest BCUT2D eigenvalue weighted by Crippen LogP contribution is 2.20. The van der Waals surface area contributed by atoms with Crippen LogP contribution in [0.1, 0.15) is 60.5 Å². The van der Waals surface area contributed by atoms with E-state index in [1.807, 2.05) is 32.0 Å². The number of ether oxygens (including phenoxy) is 1. The molecule has 2 amide bonds. The van der Waals surface area contributed by atoms with E-state index >= 15 is 0 Å². The van der Waals surface area contributed by atoms with Crippen LogP contribution in [0.3, 0.4) is 0 Å². The Morgan fingerprint density at radius 3 is 2.38 bits per heavy atom. The van der Waals surface area contributed by atoms with E-state index in [0.717, 1.165) is 29.7 Å². The Balaban J connectivity index is 1.55. The molecule has 2 aromatic rings. The summed E-state index contributed by atoms with van der Waals surface area (Å²) in [6, 6.07) is 13.0. The fourth-order valence-electron chi connectivity index (χ4n) is 3.58. The number of nitrogens with one attached hydrogen (secondary N) is 2. The molecule has 1 saturated carbocycles. The molecule has 2 aromatic carbocycles. The summed E-state index contributed by atoms with van der Waals surface area (Å²) in [6.07, 6.45) is 5.07. The number of anilines is 1. The van der Waals surface area contributed by atoms with Crippen LogP contribution in [0, 0.1) is 13.8 Å². The molecule has 1 aliphatic carbocycles. The highest BCUT2D eigenvalue weighted by Gasteiger charge is 2.18. The van der Waals surface area contributed by atoms with Crippen LogP contribution >= 0.6 is 0 Å². The van der Waals surface area contributed by atoms with Crippen LogP contribution in [-0.2, 0) is 4.79 Å². The van der Waals surface area contributed by atoms with Gasteiger partial charge in [0, 0.05) is 17.3 Å². The molecule has 0 aromatic heterocycles.